The molecule has 0 rings (SSSR count). The number of nitrogens with one attached hydrogen (secondary N) is 1. The zero-order chi connectivity index (χ0) is 10.5. The predicted octanol–water partition coefficient (Wildman–Crippen LogP) is 1.84. The zero-order valence-electron chi connectivity index (χ0n) is 9.06. The van der Waals surface area contributed by atoms with Gasteiger partial charge in [-0.2, -0.15) is 0 Å². The monoisotopic (exact) mass is 315 g/mol. The Morgan fingerprint density at radius 1 is 1.00 bits per heavy atom. The fourth-order valence-electron chi connectivity index (χ4n) is 1.01. The first-order chi connectivity index (χ1) is 6.91. The average molecular weight is 315 g/mol. The van der Waals surface area contributed by atoms with Crippen molar-refractivity contribution in [2.45, 2.75) is 19.3 Å². The fraction of sp³-hybridized carbons (Fsp3) is 1.00. The normalized spacial score (nSPS) is 10.7. The fourth-order valence-corrected chi connectivity index (χ4v) is 1.55. The van der Waals surface area contributed by atoms with Crippen molar-refractivity contribution >= 4 is 22.6 Å². The van der Waals surface area contributed by atoms with Crippen molar-refractivity contribution in [3.05, 3.63) is 0 Å². The standard InChI is InChI=1S/C10H22INO2/c1-13-9-10-14-8-4-7-12-6-3-2-5-11/h12H,2-10H2,1H3. The molecule has 0 aliphatic carbocycles. The summed E-state index contributed by atoms with van der Waals surface area (Å²) in [7, 11) is 1.69. The van der Waals surface area contributed by atoms with Gasteiger partial charge >= 0.3 is 0 Å². The molecule has 1 N–H and O–H groups in total. The van der Waals surface area contributed by atoms with Gasteiger partial charge in [0.2, 0.25) is 0 Å². The van der Waals surface area contributed by atoms with E-state index in [9.17, 15) is 0 Å². The van der Waals surface area contributed by atoms with E-state index in [0.29, 0.717) is 13.2 Å². The molecular weight excluding hydrogens is 293 g/mol. The third-order valence-electron chi connectivity index (χ3n) is 1.81. The predicted molar refractivity (Wildman–Crippen MR) is 68.3 cm³/mol. The number of unbranched alkanes of at least 4 members (excludes halogenated alkanes) is 1. The van der Waals surface area contributed by atoms with Crippen LogP contribution in [0.4, 0.5) is 0 Å². The maximum absolute atomic E-state index is 5.34. The van der Waals surface area contributed by atoms with Crippen LogP contribution in [0, 0.1) is 0 Å². The molecule has 4 heteroatoms. The van der Waals surface area contributed by atoms with Crippen LogP contribution in [-0.2, 0) is 9.47 Å². The van der Waals surface area contributed by atoms with Gasteiger partial charge in [-0.1, -0.05) is 22.6 Å². The van der Waals surface area contributed by atoms with Gasteiger partial charge in [0.25, 0.3) is 0 Å². The van der Waals surface area contributed by atoms with E-state index in [1.807, 2.05) is 0 Å². The Labute approximate surface area is 101 Å². The molecular formula is C10H22INO2. The van der Waals surface area contributed by atoms with Gasteiger partial charge < -0.3 is 14.8 Å². The summed E-state index contributed by atoms with van der Waals surface area (Å²) in [5.74, 6) is 0. The highest BCUT2D eigenvalue weighted by atomic mass is 127. The van der Waals surface area contributed by atoms with Gasteiger partial charge in [0, 0.05) is 13.7 Å². The number of alkyl halides is 1. The number of ether oxygens (including phenoxy) is 2. The summed E-state index contributed by atoms with van der Waals surface area (Å²) in [5.41, 5.74) is 0. The van der Waals surface area contributed by atoms with Gasteiger partial charge in [0.1, 0.15) is 0 Å². The molecule has 0 amide bonds. The second-order valence-corrected chi connectivity index (χ2v) is 4.18. The Bertz CT molecular complexity index is 92.1. The third-order valence-corrected chi connectivity index (χ3v) is 2.57. The lowest BCUT2D eigenvalue weighted by molar-refractivity contribution is 0.0695. The molecule has 0 saturated carbocycles. The Kier molecular flexibility index (Phi) is 14.2. The molecule has 0 heterocycles. The number of hydrogen-bond donors (Lipinski definition) is 1. The lowest BCUT2D eigenvalue weighted by Gasteiger charge is -2.05. The van der Waals surface area contributed by atoms with Gasteiger partial charge in [-0.05, 0) is 36.8 Å². The first-order valence-corrected chi connectivity index (χ1v) is 6.77. The van der Waals surface area contributed by atoms with E-state index in [1.165, 1.54) is 17.3 Å². The molecule has 86 valence electrons. The van der Waals surface area contributed by atoms with Gasteiger partial charge in [0.15, 0.2) is 0 Å². The molecule has 0 fully saturated rings. The van der Waals surface area contributed by atoms with Crippen LogP contribution in [0.3, 0.4) is 0 Å². The summed E-state index contributed by atoms with van der Waals surface area (Å²) in [4.78, 5) is 0. The SMILES string of the molecule is COCCOCCCNCCCCI. The maximum atomic E-state index is 5.34. The van der Waals surface area contributed by atoms with Crippen molar-refractivity contribution < 1.29 is 9.47 Å². The van der Waals surface area contributed by atoms with E-state index in [-0.39, 0.29) is 0 Å². The Morgan fingerprint density at radius 2 is 1.79 bits per heavy atom. The molecule has 3 nitrogen and oxygen atoms in total. The molecule has 0 saturated heterocycles. The largest absolute Gasteiger partial charge is 0.382 e. The van der Waals surface area contributed by atoms with Crippen LogP contribution < -0.4 is 5.32 Å². The molecule has 0 unspecified atom stereocenters. The molecule has 0 aliphatic heterocycles. The van der Waals surface area contributed by atoms with Crippen molar-refractivity contribution in [1.82, 2.24) is 5.32 Å². The van der Waals surface area contributed by atoms with Crippen LogP contribution in [-0.4, -0.2) is 44.4 Å². The lowest BCUT2D eigenvalue weighted by atomic mass is 10.3. The summed E-state index contributed by atoms with van der Waals surface area (Å²) in [5, 5.41) is 3.40. The maximum Gasteiger partial charge on any atom is 0.0700 e. The highest BCUT2D eigenvalue weighted by Gasteiger charge is 1.90. The van der Waals surface area contributed by atoms with E-state index >= 15 is 0 Å². The second kappa shape index (κ2) is 13.6. The van der Waals surface area contributed by atoms with Crippen LogP contribution in [0.25, 0.3) is 0 Å². The minimum Gasteiger partial charge on any atom is -0.382 e. The average Bonchev–Trinajstić information content (AvgIpc) is 2.21. The molecule has 0 spiro atoms. The summed E-state index contributed by atoms with van der Waals surface area (Å²) in [6.45, 7) is 4.45. The summed E-state index contributed by atoms with van der Waals surface area (Å²) < 4.78 is 11.5. The van der Waals surface area contributed by atoms with Gasteiger partial charge in [-0.15, -0.1) is 0 Å². The summed E-state index contributed by atoms with van der Waals surface area (Å²) >= 11 is 2.41. The lowest BCUT2D eigenvalue weighted by Crippen LogP contribution is -2.18. The Balaban J connectivity index is 2.78. The van der Waals surface area contributed by atoms with Crippen LogP contribution in [0.15, 0.2) is 0 Å². The number of methoxy groups -OCH3 is 1. The molecule has 0 aromatic rings. The van der Waals surface area contributed by atoms with Gasteiger partial charge in [-0.3, -0.25) is 0 Å². The Morgan fingerprint density at radius 3 is 2.50 bits per heavy atom. The van der Waals surface area contributed by atoms with E-state index in [0.717, 1.165) is 26.1 Å². The highest BCUT2D eigenvalue weighted by molar-refractivity contribution is 14.1. The second-order valence-electron chi connectivity index (χ2n) is 3.10. The van der Waals surface area contributed by atoms with Crippen LogP contribution in [0.2, 0.25) is 0 Å². The first kappa shape index (κ1) is 14.6. The highest BCUT2D eigenvalue weighted by Crippen LogP contribution is 1.92. The molecule has 0 radical (unpaired) electrons. The van der Waals surface area contributed by atoms with Crippen LogP contribution in [0.1, 0.15) is 19.3 Å². The van der Waals surface area contributed by atoms with E-state index in [4.69, 9.17) is 9.47 Å². The van der Waals surface area contributed by atoms with Crippen LogP contribution in [0.5, 0.6) is 0 Å². The van der Waals surface area contributed by atoms with Gasteiger partial charge in [0.05, 0.1) is 13.2 Å². The van der Waals surface area contributed by atoms with E-state index in [2.05, 4.69) is 27.9 Å². The smallest absolute Gasteiger partial charge is 0.0700 e. The van der Waals surface area contributed by atoms with Crippen molar-refractivity contribution in [1.29, 1.82) is 0 Å². The van der Waals surface area contributed by atoms with Crippen molar-refractivity contribution in [3.63, 3.8) is 0 Å². The van der Waals surface area contributed by atoms with Crippen molar-refractivity contribution in [2.24, 2.45) is 0 Å². The minimum absolute atomic E-state index is 0.698. The number of rotatable bonds is 11. The molecule has 0 aliphatic rings. The topological polar surface area (TPSA) is 30.5 Å². The molecule has 0 atom stereocenters. The van der Waals surface area contributed by atoms with Crippen LogP contribution >= 0.6 is 22.6 Å². The molecule has 0 aromatic carbocycles. The summed E-state index contributed by atoms with van der Waals surface area (Å²) in [6, 6.07) is 0. The first-order valence-electron chi connectivity index (χ1n) is 5.25. The minimum atomic E-state index is 0.698. The van der Waals surface area contributed by atoms with Crippen molar-refractivity contribution in [2.75, 3.05) is 44.4 Å². The molecule has 0 aromatic heterocycles. The quantitative estimate of drug-likeness (QED) is 0.359. The van der Waals surface area contributed by atoms with E-state index < -0.39 is 0 Å². The van der Waals surface area contributed by atoms with Crippen molar-refractivity contribution in [3.8, 4) is 0 Å². The zero-order valence-corrected chi connectivity index (χ0v) is 11.2. The van der Waals surface area contributed by atoms with E-state index in [1.54, 1.807) is 7.11 Å². The molecule has 14 heavy (non-hydrogen) atoms. The Hall–Kier alpha value is 0.610. The summed E-state index contributed by atoms with van der Waals surface area (Å²) in [6.07, 6.45) is 3.69. The van der Waals surface area contributed by atoms with Gasteiger partial charge in [-0.25, -0.2) is 0 Å². The molecule has 0 bridgehead atoms. The third kappa shape index (κ3) is 12.6. The number of hydrogen-bond acceptors (Lipinski definition) is 3. The number of halogens is 1.